The van der Waals surface area contributed by atoms with Crippen molar-refractivity contribution in [2.45, 2.75) is 49.5 Å². The fourth-order valence-electron chi connectivity index (χ4n) is 3.95. The summed E-state index contributed by atoms with van der Waals surface area (Å²) in [4.78, 5) is 4.29. The van der Waals surface area contributed by atoms with Crippen molar-refractivity contribution in [3.05, 3.63) is 48.3 Å². The summed E-state index contributed by atoms with van der Waals surface area (Å²) < 4.78 is 43.4. The summed E-state index contributed by atoms with van der Waals surface area (Å²) in [6.07, 6.45) is 9.29. The Hall–Kier alpha value is -1.73. The number of rotatable bonds is 5. The summed E-state index contributed by atoms with van der Waals surface area (Å²) in [6, 6.07) is 5.60. The summed E-state index contributed by atoms with van der Waals surface area (Å²) in [7, 11) is -3.82. The van der Waals surface area contributed by atoms with Crippen LogP contribution in [-0.4, -0.2) is 35.4 Å². The van der Waals surface area contributed by atoms with Gasteiger partial charge < -0.3 is 4.57 Å². The second kappa shape index (κ2) is 7.12. The number of benzene rings is 1. The Kier molecular flexibility index (Phi) is 4.84. The van der Waals surface area contributed by atoms with Gasteiger partial charge in [0.15, 0.2) is 0 Å². The van der Waals surface area contributed by atoms with Gasteiger partial charge >= 0.3 is 0 Å². The number of imidazole rings is 1. The molecule has 2 aliphatic rings. The first-order valence-electron chi connectivity index (χ1n) is 9.31. The normalized spacial score (nSPS) is 22.3. The van der Waals surface area contributed by atoms with Crippen LogP contribution in [0.2, 0.25) is 0 Å². The third kappa shape index (κ3) is 3.30. The van der Waals surface area contributed by atoms with Gasteiger partial charge in [-0.25, -0.2) is 17.8 Å². The minimum Gasteiger partial charge on any atom is -0.334 e. The zero-order valence-corrected chi connectivity index (χ0v) is 15.5. The molecule has 1 saturated heterocycles. The summed E-state index contributed by atoms with van der Waals surface area (Å²) in [5.41, 5.74) is 0. The molecule has 1 aliphatic carbocycles. The van der Waals surface area contributed by atoms with Crippen LogP contribution in [0, 0.1) is 11.7 Å². The minimum atomic E-state index is -3.82. The van der Waals surface area contributed by atoms with Crippen LogP contribution in [0.1, 0.15) is 43.8 Å². The predicted molar refractivity (Wildman–Crippen MR) is 96.7 cm³/mol. The Morgan fingerprint density at radius 2 is 1.96 bits per heavy atom. The van der Waals surface area contributed by atoms with E-state index in [1.807, 2.05) is 6.20 Å². The van der Waals surface area contributed by atoms with E-state index in [-0.39, 0.29) is 10.8 Å². The van der Waals surface area contributed by atoms with Crippen LogP contribution in [0.5, 0.6) is 0 Å². The highest BCUT2D eigenvalue weighted by Crippen LogP contribution is 2.32. The zero-order chi connectivity index (χ0) is 18.1. The predicted octanol–water partition coefficient (Wildman–Crippen LogP) is 3.39. The number of aromatic nitrogens is 2. The molecule has 5 nitrogen and oxygen atoms in total. The molecule has 1 aromatic carbocycles. The van der Waals surface area contributed by atoms with Gasteiger partial charge in [-0.2, -0.15) is 4.31 Å². The van der Waals surface area contributed by atoms with Gasteiger partial charge in [0.2, 0.25) is 10.0 Å². The maximum atomic E-state index is 14.0. The molecular formula is C19H24FN3O2S. The molecule has 0 radical (unpaired) electrons. The van der Waals surface area contributed by atoms with E-state index in [9.17, 15) is 12.8 Å². The number of hydrogen-bond donors (Lipinski definition) is 0. The van der Waals surface area contributed by atoms with Crippen LogP contribution in [0.15, 0.2) is 41.6 Å². The lowest BCUT2D eigenvalue weighted by molar-refractivity contribution is 0.261. The van der Waals surface area contributed by atoms with Crippen molar-refractivity contribution in [1.29, 1.82) is 0 Å². The maximum absolute atomic E-state index is 14.0. The highest BCUT2D eigenvalue weighted by atomic mass is 32.2. The first kappa shape index (κ1) is 17.7. The molecular weight excluding hydrogens is 353 g/mol. The maximum Gasteiger partial charge on any atom is 0.246 e. The Bertz CT molecular complexity index is 876. The van der Waals surface area contributed by atoms with Crippen molar-refractivity contribution < 1.29 is 12.8 Å². The average Bonchev–Trinajstić information content (AvgIpc) is 3.07. The monoisotopic (exact) mass is 377 g/mol. The molecule has 0 bridgehead atoms. The Morgan fingerprint density at radius 3 is 2.69 bits per heavy atom. The third-order valence-corrected chi connectivity index (χ3v) is 7.53. The van der Waals surface area contributed by atoms with Gasteiger partial charge in [-0.1, -0.05) is 18.6 Å². The first-order chi connectivity index (χ1) is 12.6. The van der Waals surface area contributed by atoms with Gasteiger partial charge in [-0.05, 0) is 43.7 Å². The molecule has 2 aromatic rings. The van der Waals surface area contributed by atoms with Crippen LogP contribution in [0.3, 0.4) is 0 Å². The molecule has 0 N–H and O–H groups in total. The van der Waals surface area contributed by atoms with E-state index >= 15 is 0 Å². The van der Waals surface area contributed by atoms with E-state index in [0.717, 1.165) is 25.2 Å². The minimum absolute atomic E-state index is 0.0559. The van der Waals surface area contributed by atoms with Gasteiger partial charge in [0.25, 0.3) is 0 Å². The van der Waals surface area contributed by atoms with E-state index in [2.05, 4.69) is 9.55 Å². The van der Waals surface area contributed by atoms with Gasteiger partial charge in [0, 0.05) is 37.9 Å². The fraction of sp³-hybridized carbons (Fsp3) is 0.526. The SMILES string of the molecule is O=S(=O)(c1ccccc1F)N1CCC[C@H](c2nccn2CC2CCC2)C1. The number of nitrogens with zero attached hydrogens (tertiary/aromatic N) is 3. The van der Waals surface area contributed by atoms with Crippen LogP contribution < -0.4 is 0 Å². The van der Waals surface area contributed by atoms with E-state index in [1.165, 1.54) is 41.8 Å². The molecule has 26 heavy (non-hydrogen) atoms. The zero-order valence-electron chi connectivity index (χ0n) is 14.7. The van der Waals surface area contributed by atoms with Crippen molar-refractivity contribution in [3.8, 4) is 0 Å². The quantitative estimate of drug-likeness (QED) is 0.803. The average molecular weight is 377 g/mol. The van der Waals surface area contributed by atoms with Gasteiger partial charge in [0.05, 0.1) is 0 Å². The van der Waals surface area contributed by atoms with E-state index in [1.54, 1.807) is 12.3 Å². The Balaban J connectivity index is 1.55. The van der Waals surface area contributed by atoms with Crippen molar-refractivity contribution in [2.24, 2.45) is 5.92 Å². The summed E-state index contributed by atoms with van der Waals surface area (Å²) in [6.45, 7) is 1.75. The smallest absolute Gasteiger partial charge is 0.246 e. The molecule has 1 saturated carbocycles. The molecule has 0 amide bonds. The van der Waals surface area contributed by atoms with Gasteiger partial charge in [0.1, 0.15) is 16.5 Å². The van der Waals surface area contributed by atoms with E-state index in [0.29, 0.717) is 19.0 Å². The standard InChI is InChI=1S/C19H24FN3O2S/c20-17-8-1-2-9-18(17)26(24,25)23-11-4-7-16(14-23)19-21-10-12-22(19)13-15-5-3-6-15/h1-2,8-10,12,15-16H,3-7,11,13-14H2/t16-/m0/s1. The van der Waals surface area contributed by atoms with Crippen LogP contribution in [0.25, 0.3) is 0 Å². The second-order valence-corrected chi connectivity index (χ2v) is 9.27. The van der Waals surface area contributed by atoms with E-state index < -0.39 is 15.8 Å². The van der Waals surface area contributed by atoms with Crippen LogP contribution >= 0.6 is 0 Å². The fourth-order valence-corrected chi connectivity index (χ4v) is 5.54. The van der Waals surface area contributed by atoms with Gasteiger partial charge in [-0.3, -0.25) is 0 Å². The Morgan fingerprint density at radius 1 is 1.15 bits per heavy atom. The lowest BCUT2D eigenvalue weighted by atomic mass is 9.85. The molecule has 1 atom stereocenters. The highest BCUT2D eigenvalue weighted by molar-refractivity contribution is 7.89. The topological polar surface area (TPSA) is 55.2 Å². The van der Waals surface area contributed by atoms with Crippen molar-refractivity contribution in [1.82, 2.24) is 13.9 Å². The molecule has 4 rings (SSSR count). The number of sulfonamides is 1. The lowest BCUT2D eigenvalue weighted by Crippen LogP contribution is -2.40. The van der Waals surface area contributed by atoms with Crippen LogP contribution in [-0.2, 0) is 16.6 Å². The van der Waals surface area contributed by atoms with Crippen molar-refractivity contribution in [2.75, 3.05) is 13.1 Å². The number of halogens is 1. The van der Waals surface area contributed by atoms with Crippen molar-refractivity contribution >= 4 is 10.0 Å². The molecule has 0 spiro atoms. The van der Waals surface area contributed by atoms with Crippen molar-refractivity contribution in [3.63, 3.8) is 0 Å². The molecule has 7 heteroatoms. The highest BCUT2D eigenvalue weighted by Gasteiger charge is 2.34. The molecule has 2 heterocycles. The summed E-state index contributed by atoms with van der Waals surface area (Å²) in [5, 5.41) is 0. The molecule has 2 fully saturated rings. The molecule has 140 valence electrons. The largest absolute Gasteiger partial charge is 0.334 e. The molecule has 1 aromatic heterocycles. The Labute approximate surface area is 153 Å². The second-order valence-electron chi connectivity index (χ2n) is 7.37. The lowest BCUT2D eigenvalue weighted by Gasteiger charge is -2.33. The third-order valence-electron chi connectivity index (χ3n) is 5.63. The number of hydrogen-bond acceptors (Lipinski definition) is 3. The van der Waals surface area contributed by atoms with E-state index in [4.69, 9.17) is 0 Å². The van der Waals surface area contributed by atoms with Crippen LogP contribution in [0.4, 0.5) is 4.39 Å². The first-order valence-corrected chi connectivity index (χ1v) is 10.8. The summed E-state index contributed by atoms with van der Waals surface area (Å²) >= 11 is 0. The van der Waals surface area contributed by atoms with Gasteiger partial charge in [-0.15, -0.1) is 0 Å². The summed E-state index contributed by atoms with van der Waals surface area (Å²) in [5.74, 6) is 1.04. The molecule has 1 aliphatic heterocycles. The number of piperidine rings is 1. The molecule has 0 unspecified atom stereocenters.